The number of hydrogen-bond acceptors (Lipinski definition) is 6. The van der Waals surface area contributed by atoms with Gasteiger partial charge in [0.1, 0.15) is 22.5 Å². The summed E-state index contributed by atoms with van der Waals surface area (Å²) in [6.07, 6.45) is 1.08. The van der Waals surface area contributed by atoms with Crippen molar-refractivity contribution in [1.29, 1.82) is 0 Å². The quantitative estimate of drug-likeness (QED) is 0.241. The molecule has 8 nitrogen and oxygen atoms in total. The molecule has 0 saturated carbocycles. The van der Waals surface area contributed by atoms with Gasteiger partial charge in [0, 0.05) is 35.0 Å². The number of anilines is 1. The Labute approximate surface area is 236 Å². The van der Waals surface area contributed by atoms with Crippen molar-refractivity contribution in [2.75, 3.05) is 17.6 Å². The molecule has 0 aliphatic carbocycles. The molecule has 1 N–H and O–H groups in total. The van der Waals surface area contributed by atoms with E-state index in [9.17, 15) is 22.0 Å². The van der Waals surface area contributed by atoms with Gasteiger partial charge < -0.3 is 13.8 Å². The molecule has 0 spiro atoms. The number of halogens is 2. The fraction of sp³-hybridized carbons (Fsp3) is 0.0968. The van der Waals surface area contributed by atoms with Crippen LogP contribution in [0.3, 0.4) is 0 Å². The highest BCUT2D eigenvalue weighted by Crippen LogP contribution is 2.41. The highest BCUT2D eigenvalue weighted by atomic mass is 32.2. The van der Waals surface area contributed by atoms with E-state index >= 15 is 0 Å². The number of pyridine rings is 1. The standard InChI is InChI=1S/C31H21F2N3O5S/c1-15-9-16(11-17(10-15)31-35-28-22(33)5-4-6-25(28)41-31)20-13-21-26(14-24(20)36(2)42(3,38)39)40-29-19-8-7-18(32)12-23(19)34-30(37)27(21)29/h4-14H,1-3H3,(H,34,37). The maximum atomic E-state index is 14.3. The number of oxazole rings is 1. The minimum Gasteiger partial charge on any atom is -0.455 e. The monoisotopic (exact) mass is 585 g/mol. The van der Waals surface area contributed by atoms with E-state index in [-0.39, 0.29) is 33.5 Å². The van der Waals surface area contributed by atoms with E-state index in [4.69, 9.17) is 8.83 Å². The summed E-state index contributed by atoms with van der Waals surface area (Å²) in [4.78, 5) is 20.3. The Kier molecular flexibility index (Phi) is 5.54. The number of benzene rings is 4. The van der Waals surface area contributed by atoms with Crippen molar-refractivity contribution < 1.29 is 26.0 Å². The molecule has 7 rings (SSSR count). The molecule has 0 saturated heterocycles. The van der Waals surface area contributed by atoms with Crippen LogP contribution in [0.2, 0.25) is 0 Å². The van der Waals surface area contributed by atoms with E-state index in [0.717, 1.165) is 16.1 Å². The lowest BCUT2D eigenvalue weighted by molar-refractivity contribution is 0.600. The molecule has 42 heavy (non-hydrogen) atoms. The van der Waals surface area contributed by atoms with E-state index in [0.29, 0.717) is 38.7 Å². The molecule has 4 aromatic carbocycles. The van der Waals surface area contributed by atoms with Crippen LogP contribution in [0.15, 0.2) is 80.4 Å². The number of sulfonamides is 1. The number of hydrogen-bond donors (Lipinski definition) is 1. The summed E-state index contributed by atoms with van der Waals surface area (Å²) in [6.45, 7) is 1.86. The molecular formula is C31H21F2N3O5S. The minimum absolute atomic E-state index is 0.102. The Morgan fingerprint density at radius 3 is 2.45 bits per heavy atom. The molecule has 0 unspecified atom stereocenters. The Hall–Kier alpha value is -5.03. The van der Waals surface area contributed by atoms with Crippen molar-refractivity contribution in [3.8, 4) is 22.6 Å². The summed E-state index contributed by atoms with van der Waals surface area (Å²) in [5, 5.41) is 1.20. The van der Waals surface area contributed by atoms with Gasteiger partial charge in [-0.2, -0.15) is 0 Å². The van der Waals surface area contributed by atoms with Crippen molar-refractivity contribution in [2.24, 2.45) is 0 Å². The van der Waals surface area contributed by atoms with Crippen LogP contribution in [0.25, 0.3) is 66.5 Å². The summed E-state index contributed by atoms with van der Waals surface area (Å²) < 4.78 is 66.8. The molecule has 0 aliphatic rings. The molecule has 7 aromatic rings. The number of nitrogens with zero attached hydrogens (tertiary/aromatic N) is 2. The van der Waals surface area contributed by atoms with Gasteiger partial charge in [0.2, 0.25) is 15.9 Å². The second kappa shape index (κ2) is 8.98. The van der Waals surface area contributed by atoms with Gasteiger partial charge in [-0.15, -0.1) is 0 Å². The maximum absolute atomic E-state index is 14.3. The number of nitrogens with one attached hydrogen (secondary N) is 1. The van der Waals surface area contributed by atoms with Crippen LogP contribution in [-0.4, -0.2) is 31.7 Å². The van der Waals surface area contributed by atoms with Gasteiger partial charge in [-0.05, 0) is 66.6 Å². The molecule has 0 aliphatic heterocycles. The molecule has 3 aromatic heterocycles. The van der Waals surface area contributed by atoms with Gasteiger partial charge in [-0.3, -0.25) is 9.10 Å². The van der Waals surface area contributed by atoms with Crippen molar-refractivity contribution in [1.82, 2.24) is 9.97 Å². The summed E-state index contributed by atoms with van der Waals surface area (Å²) in [6, 6.07) is 17.2. The molecular weight excluding hydrogens is 564 g/mol. The third kappa shape index (κ3) is 4.04. The summed E-state index contributed by atoms with van der Waals surface area (Å²) in [5.41, 5.74) is 3.49. The normalized spacial score (nSPS) is 12.2. The van der Waals surface area contributed by atoms with Crippen LogP contribution in [0.4, 0.5) is 14.5 Å². The summed E-state index contributed by atoms with van der Waals surface area (Å²) in [7, 11) is -2.29. The number of rotatable bonds is 4. The minimum atomic E-state index is -3.72. The van der Waals surface area contributed by atoms with Crippen LogP contribution in [0.1, 0.15) is 5.56 Å². The van der Waals surface area contributed by atoms with Crippen molar-refractivity contribution >= 4 is 59.7 Å². The van der Waals surface area contributed by atoms with Crippen LogP contribution in [0, 0.1) is 18.6 Å². The van der Waals surface area contributed by atoms with Gasteiger partial charge in [0.15, 0.2) is 11.4 Å². The van der Waals surface area contributed by atoms with E-state index in [1.165, 1.54) is 37.4 Å². The molecule has 0 amide bonds. The highest BCUT2D eigenvalue weighted by Gasteiger charge is 2.23. The van der Waals surface area contributed by atoms with E-state index in [2.05, 4.69) is 9.97 Å². The highest BCUT2D eigenvalue weighted by molar-refractivity contribution is 7.92. The molecule has 0 atom stereocenters. The van der Waals surface area contributed by atoms with Crippen LogP contribution in [-0.2, 0) is 10.0 Å². The molecule has 11 heteroatoms. The fourth-order valence-corrected chi connectivity index (χ4v) is 5.83. The predicted molar refractivity (Wildman–Crippen MR) is 158 cm³/mol. The molecule has 0 fully saturated rings. The first-order valence-electron chi connectivity index (χ1n) is 12.8. The first-order valence-corrected chi connectivity index (χ1v) is 14.7. The predicted octanol–water partition coefficient (Wildman–Crippen LogP) is 6.89. The number of aromatic amines is 1. The van der Waals surface area contributed by atoms with Crippen molar-refractivity contribution in [3.05, 3.63) is 94.3 Å². The molecule has 210 valence electrons. The second-order valence-electron chi connectivity index (χ2n) is 10.2. The zero-order valence-electron chi connectivity index (χ0n) is 22.5. The van der Waals surface area contributed by atoms with Crippen LogP contribution in [0.5, 0.6) is 0 Å². The Balaban J connectivity index is 1.53. The van der Waals surface area contributed by atoms with E-state index in [1.54, 1.807) is 24.3 Å². The van der Waals surface area contributed by atoms with Gasteiger partial charge in [0.25, 0.3) is 5.56 Å². The second-order valence-corrected chi connectivity index (χ2v) is 12.3. The summed E-state index contributed by atoms with van der Waals surface area (Å²) >= 11 is 0. The molecule has 0 radical (unpaired) electrons. The average Bonchev–Trinajstić information content (AvgIpc) is 3.54. The Bertz CT molecular complexity index is 2430. The lowest BCUT2D eigenvalue weighted by atomic mass is 9.97. The number of aromatic nitrogens is 2. The van der Waals surface area contributed by atoms with Gasteiger partial charge >= 0.3 is 0 Å². The lowest BCUT2D eigenvalue weighted by Gasteiger charge is -2.21. The fourth-order valence-electron chi connectivity index (χ4n) is 5.32. The third-order valence-corrected chi connectivity index (χ3v) is 8.54. The van der Waals surface area contributed by atoms with Gasteiger partial charge in [-0.25, -0.2) is 22.2 Å². The summed E-state index contributed by atoms with van der Waals surface area (Å²) in [5.74, 6) is -0.821. The third-order valence-electron chi connectivity index (χ3n) is 7.35. The lowest BCUT2D eigenvalue weighted by Crippen LogP contribution is -2.25. The Morgan fingerprint density at radius 2 is 1.69 bits per heavy atom. The molecule has 0 bridgehead atoms. The van der Waals surface area contributed by atoms with Crippen molar-refractivity contribution in [3.63, 3.8) is 0 Å². The molecule has 3 heterocycles. The number of aryl methyl sites for hydroxylation is 1. The first kappa shape index (κ1) is 25.9. The van der Waals surface area contributed by atoms with Crippen LogP contribution < -0.4 is 9.86 Å². The maximum Gasteiger partial charge on any atom is 0.260 e. The smallest absolute Gasteiger partial charge is 0.260 e. The number of fused-ring (bicyclic) bond motifs is 6. The average molecular weight is 586 g/mol. The van der Waals surface area contributed by atoms with Gasteiger partial charge in [0.05, 0.1) is 22.8 Å². The van der Waals surface area contributed by atoms with Crippen LogP contribution >= 0.6 is 0 Å². The number of furan rings is 1. The van der Waals surface area contributed by atoms with Crippen molar-refractivity contribution in [2.45, 2.75) is 6.92 Å². The zero-order valence-corrected chi connectivity index (χ0v) is 23.3. The topological polar surface area (TPSA) is 109 Å². The Morgan fingerprint density at radius 1 is 0.905 bits per heavy atom. The zero-order chi connectivity index (χ0) is 29.5. The SMILES string of the molecule is Cc1cc(-c2nc3c(F)cccc3o2)cc(-c2cc3c(cc2N(C)S(C)(=O)=O)oc2c4ccc(F)cc4[nH]c(=O)c32)c1. The first-order chi connectivity index (χ1) is 20.0. The number of para-hydroxylation sites is 1. The number of H-pyrrole nitrogens is 1. The van der Waals surface area contributed by atoms with E-state index < -0.39 is 27.2 Å². The van der Waals surface area contributed by atoms with Gasteiger partial charge in [-0.1, -0.05) is 12.1 Å². The van der Waals surface area contributed by atoms with E-state index in [1.807, 2.05) is 19.1 Å². The largest absolute Gasteiger partial charge is 0.455 e.